The molecule has 3 aliphatic rings. The topological polar surface area (TPSA) is 92.2 Å². The van der Waals surface area contributed by atoms with Crippen molar-refractivity contribution in [2.24, 2.45) is 5.92 Å². The van der Waals surface area contributed by atoms with Crippen molar-refractivity contribution in [1.82, 2.24) is 29.4 Å². The van der Waals surface area contributed by atoms with Crippen LogP contribution >= 0.6 is 11.5 Å². The SMILES string of the molecule is Cc1nnsc1C(=O)N1CC2CCC1CN(C(=O)c1cnccn1)C2. The van der Waals surface area contributed by atoms with E-state index in [4.69, 9.17) is 0 Å². The normalized spacial score (nSPS) is 22.8. The molecule has 2 aromatic heterocycles. The Hall–Kier alpha value is -2.42. The number of aromatic nitrogens is 4. The van der Waals surface area contributed by atoms with E-state index in [0.29, 0.717) is 35.9 Å². The lowest BCUT2D eigenvalue weighted by molar-refractivity contribution is 0.0577. The number of rotatable bonds is 2. The second-order valence-electron chi connectivity index (χ2n) is 6.54. The fourth-order valence-corrected chi connectivity index (χ4v) is 4.24. The summed E-state index contributed by atoms with van der Waals surface area (Å²) in [6.07, 6.45) is 6.50. The Bertz CT molecular complexity index is 795. The van der Waals surface area contributed by atoms with Gasteiger partial charge in [-0.1, -0.05) is 4.49 Å². The highest BCUT2D eigenvalue weighted by molar-refractivity contribution is 7.07. The van der Waals surface area contributed by atoms with Gasteiger partial charge in [-0.25, -0.2) is 4.98 Å². The van der Waals surface area contributed by atoms with Gasteiger partial charge in [-0.3, -0.25) is 14.6 Å². The maximum atomic E-state index is 12.9. The number of carbonyl (C=O) groups excluding carboxylic acids is 2. The van der Waals surface area contributed by atoms with Gasteiger partial charge in [0, 0.05) is 38.1 Å². The molecule has 0 aliphatic carbocycles. The number of hydrogen-bond donors (Lipinski definition) is 0. The van der Waals surface area contributed by atoms with Gasteiger partial charge in [0.05, 0.1) is 11.9 Å². The van der Waals surface area contributed by atoms with E-state index in [1.165, 1.54) is 12.4 Å². The highest BCUT2D eigenvalue weighted by Crippen LogP contribution is 2.30. The minimum Gasteiger partial charge on any atom is -0.335 e. The number of amides is 2. The summed E-state index contributed by atoms with van der Waals surface area (Å²) in [7, 11) is 0. The van der Waals surface area contributed by atoms with Crippen molar-refractivity contribution in [3.63, 3.8) is 0 Å². The van der Waals surface area contributed by atoms with Crippen molar-refractivity contribution in [2.45, 2.75) is 25.8 Å². The molecule has 0 aromatic carbocycles. The van der Waals surface area contributed by atoms with Gasteiger partial charge in [0.2, 0.25) is 0 Å². The van der Waals surface area contributed by atoms with E-state index < -0.39 is 0 Å². The molecule has 9 heteroatoms. The smallest absolute Gasteiger partial charge is 0.274 e. The highest BCUT2D eigenvalue weighted by atomic mass is 32.1. The molecule has 0 spiro atoms. The molecule has 25 heavy (non-hydrogen) atoms. The van der Waals surface area contributed by atoms with E-state index in [2.05, 4.69) is 19.6 Å². The summed E-state index contributed by atoms with van der Waals surface area (Å²) in [6, 6.07) is 0.0216. The first-order valence-electron chi connectivity index (χ1n) is 8.28. The fourth-order valence-electron chi connectivity index (χ4n) is 3.63. The summed E-state index contributed by atoms with van der Waals surface area (Å²) in [4.78, 5) is 38.0. The summed E-state index contributed by atoms with van der Waals surface area (Å²) >= 11 is 1.14. The predicted octanol–water partition coefficient (Wildman–Crippen LogP) is 1.01. The van der Waals surface area contributed by atoms with Crippen LogP contribution in [0.5, 0.6) is 0 Å². The van der Waals surface area contributed by atoms with Gasteiger partial charge in [0.15, 0.2) is 0 Å². The zero-order chi connectivity index (χ0) is 17.4. The maximum absolute atomic E-state index is 12.9. The summed E-state index contributed by atoms with van der Waals surface area (Å²) in [5.74, 6) is 0.149. The number of hydrogen-bond acceptors (Lipinski definition) is 7. The second kappa shape index (κ2) is 6.47. The lowest BCUT2D eigenvalue weighted by Crippen LogP contribution is -2.47. The Morgan fingerprint density at radius 1 is 1.16 bits per heavy atom. The van der Waals surface area contributed by atoms with Crippen molar-refractivity contribution in [1.29, 1.82) is 0 Å². The number of fused-ring (bicyclic) bond motifs is 4. The molecule has 2 bridgehead atoms. The number of piperidine rings is 1. The molecule has 0 N–H and O–H groups in total. The van der Waals surface area contributed by atoms with E-state index >= 15 is 0 Å². The van der Waals surface area contributed by atoms with E-state index in [1.54, 1.807) is 13.1 Å². The first kappa shape index (κ1) is 16.1. The predicted molar refractivity (Wildman–Crippen MR) is 90.1 cm³/mol. The van der Waals surface area contributed by atoms with Crippen LogP contribution in [0.1, 0.15) is 38.7 Å². The molecule has 3 saturated heterocycles. The van der Waals surface area contributed by atoms with Crippen molar-refractivity contribution in [3.8, 4) is 0 Å². The van der Waals surface area contributed by atoms with Gasteiger partial charge >= 0.3 is 0 Å². The quantitative estimate of drug-likeness (QED) is 0.796. The molecule has 2 atom stereocenters. The summed E-state index contributed by atoms with van der Waals surface area (Å²) in [6.45, 7) is 3.65. The summed E-state index contributed by atoms with van der Waals surface area (Å²) < 4.78 is 3.87. The molecule has 3 fully saturated rings. The van der Waals surface area contributed by atoms with Crippen LogP contribution in [-0.4, -0.2) is 66.8 Å². The molecule has 5 heterocycles. The van der Waals surface area contributed by atoms with Crippen LogP contribution in [0.3, 0.4) is 0 Å². The van der Waals surface area contributed by atoms with Crippen molar-refractivity contribution in [3.05, 3.63) is 34.9 Å². The Balaban J connectivity index is 1.56. The molecular formula is C16H18N6O2S. The molecule has 0 saturated carbocycles. The van der Waals surface area contributed by atoms with Gasteiger partial charge in [-0.15, -0.1) is 5.10 Å². The summed E-state index contributed by atoms with van der Waals surface area (Å²) in [5, 5.41) is 3.94. The van der Waals surface area contributed by atoms with Crippen LogP contribution in [-0.2, 0) is 0 Å². The van der Waals surface area contributed by atoms with Gasteiger partial charge < -0.3 is 9.80 Å². The molecule has 0 radical (unpaired) electrons. The van der Waals surface area contributed by atoms with Crippen molar-refractivity contribution < 1.29 is 9.59 Å². The highest BCUT2D eigenvalue weighted by Gasteiger charge is 2.40. The van der Waals surface area contributed by atoms with Crippen molar-refractivity contribution in [2.75, 3.05) is 19.6 Å². The van der Waals surface area contributed by atoms with Crippen LogP contribution in [0.2, 0.25) is 0 Å². The van der Waals surface area contributed by atoms with Gasteiger partial charge in [0.1, 0.15) is 10.6 Å². The van der Waals surface area contributed by atoms with Crippen LogP contribution < -0.4 is 0 Å². The lowest BCUT2D eigenvalue weighted by Gasteiger charge is -2.35. The number of nitrogens with zero attached hydrogens (tertiary/aromatic N) is 6. The third-order valence-electron chi connectivity index (χ3n) is 4.89. The molecular weight excluding hydrogens is 340 g/mol. The Kier molecular flexibility index (Phi) is 4.16. The fraction of sp³-hybridized carbons (Fsp3) is 0.500. The molecule has 5 rings (SSSR count). The Labute approximate surface area is 149 Å². The minimum atomic E-state index is -0.116. The van der Waals surface area contributed by atoms with Gasteiger partial charge in [-0.2, -0.15) is 0 Å². The zero-order valence-electron chi connectivity index (χ0n) is 13.8. The van der Waals surface area contributed by atoms with Crippen LogP contribution in [0.4, 0.5) is 0 Å². The lowest BCUT2D eigenvalue weighted by atomic mass is 9.95. The average molecular weight is 358 g/mol. The first-order valence-corrected chi connectivity index (χ1v) is 9.06. The average Bonchev–Trinajstić information content (AvgIpc) is 2.87. The molecule has 2 amide bonds. The Morgan fingerprint density at radius 2 is 2.04 bits per heavy atom. The van der Waals surface area contributed by atoms with Crippen LogP contribution in [0.25, 0.3) is 0 Å². The van der Waals surface area contributed by atoms with Crippen LogP contribution in [0, 0.1) is 12.8 Å². The summed E-state index contributed by atoms with van der Waals surface area (Å²) in [5.41, 5.74) is 1.02. The first-order chi connectivity index (χ1) is 12.1. The van der Waals surface area contributed by atoms with E-state index in [0.717, 1.165) is 24.4 Å². The van der Waals surface area contributed by atoms with E-state index in [-0.39, 0.29) is 23.8 Å². The van der Waals surface area contributed by atoms with Gasteiger partial charge in [0.25, 0.3) is 11.8 Å². The number of carbonyl (C=O) groups is 2. The molecule has 2 aromatic rings. The van der Waals surface area contributed by atoms with E-state index in [1.807, 2.05) is 9.80 Å². The van der Waals surface area contributed by atoms with Crippen molar-refractivity contribution >= 4 is 23.3 Å². The molecule has 3 aliphatic heterocycles. The largest absolute Gasteiger partial charge is 0.335 e. The number of aryl methyl sites for hydroxylation is 1. The third kappa shape index (κ3) is 2.99. The molecule has 130 valence electrons. The zero-order valence-corrected chi connectivity index (χ0v) is 14.6. The standard InChI is InChI=1S/C16H18N6O2S/c1-10-14(25-20-19-10)16(24)22-8-11-2-3-12(22)9-21(7-11)15(23)13-6-17-4-5-18-13/h4-6,11-12H,2-3,7-9H2,1H3. The maximum Gasteiger partial charge on any atom is 0.274 e. The van der Waals surface area contributed by atoms with Gasteiger partial charge in [-0.05, 0) is 37.2 Å². The second-order valence-corrected chi connectivity index (χ2v) is 7.30. The Morgan fingerprint density at radius 3 is 2.76 bits per heavy atom. The third-order valence-corrected chi connectivity index (χ3v) is 5.71. The minimum absolute atomic E-state index is 0.0176. The molecule has 2 unspecified atom stereocenters. The molecule has 8 nitrogen and oxygen atoms in total. The van der Waals surface area contributed by atoms with E-state index in [9.17, 15) is 9.59 Å². The monoisotopic (exact) mass is 358 g/mol. The van der Waals surface area contributed by atoms with Crippen LogP contribution in [0.15, 0.2) is 18.6 Å².